The summed E-state index contributed by atoms with van der Waals surface area (Å²) in [4.78, 5) is 47.4. The molecule has 0 aliphatic carbocycles. The van der Waals surface area contributed by atoms with Gasteiger partial charge in [0, 0.05) is 24.1 Å². The number of carboxylic acids is 4. The molecule has 1 saturated heterocycles. The highest BCUT2D eigenvalue weighted by Gasteiger charge is 2.22. The van der Waals surface area contributed by atoms with Crippen molar-refractivity contribution in [3.05, 3.63) is 29.7 Å². The van der Waals surface area contributed by atoms with Crippen LogP contribution in [0.4, 0.5) is 5.69 Å². The van der Waals surface area contributed by atoms with E-state index in [4.69, 9.17) is 48.5 Å². The number of furan rings is 1. The SMILES string of the molecule is O=C(O)CN(CCOCCOc1cc2cc(C=C3NC(=S)NC3=S)oc2cc1N(CC(=O)O)CC(=O)O)CC(=O)O. The molecule has 0 bridgehead atoms. The largest absolute Gasteiger partial charge is 0.489 e. The highest BCUT2D eigenvalue weighted by Crippen LogP contribution is 2.35. The van der Waals surface area contributed by atoms with Gasteiger partial charge in [-0.05, 0) is 24.4 Å². The Hall–Kier alpha value is -4.32. The van der Waals surface area contributed by atoms with Crippen LogP contribution >= 0.6 is 24.4 Å². The first-order chi connectivity index (χ1) is 19.4. The van der Waals surface area contributed by atoms with Crippen LogP contribution in [0.25, 0.3) is 17.0 Å². The van der Waals surface area contributed by atoms with Gasteiger partial charge in [-0.25, -0.2) is 0 Å². The molecule has 15 nitrogen and oxygen atoms in total. The fraction of sp³-hybridized carbons (Fsp3) is 0.333. The van der Waals surface area contributed by atoms with E-state index in [9.17, 15) is 29.4 Å². The van der Waals surface area contributed by atoms with Crippen molar-refractivity contribution in [1.82, 2.24) is 15.5 Å². The van der Waals surface area contributed by atoms with Gasteiger partial charge in [0.1, 0.15) is 41.8 Å². The third kappa shape index (κ3) is 9.67. The quantitative estimate of drug-likeness (QED) is 0.0814. The summed E-state index contributed by atoms with van der Waals surface area (Å²) >= 11 is 10.2. The topological polar surface area (TPSA) is 211 Å². The average molecular weight is 611 g/mol. The molecule has 220 valence electrons. The van der Waals surface area contributed by atoms with Gasteiger partial charge < -0.3 is 49.9 Å². The van der Waals surface area contributed by atoms with Crippen molar-refractivity contribution in [3.63, 3.8) is 0 Å². The Morgan fingerprint density at radius 3 is 2.05 bits per heavy atom. The summed E-state index contributed by atoms with van der Waals surface area (Å²) in [5.74, 6) is -4.32. The molecule has 2 aromatic rings. The average Bonchev–Trinajstić information content (AvgIpc) is 3.39. The molecule has 41 heavy (non-hydrogen) atoms. The number of hydrogen-bond donors (Lipinski definition) is 6. The Morgan fingerprint density at radius 2 is 1.49 bits per heavy atom. The second-order valence-corrected chi connectivity index (χ2v) is 9.39. The fourth-order valence-electron chi connectivity index (χ4n) is 3.79. The molecule has 1 aromatic carbocycles. The summed E-state index contributed by atoms with van der Waals surface area (Å²) < 4.78 is 17.1. The number of hydrogen-bond acceptors (Lipinski definition) is 11. The van der Waals surface area contributed by atoms with Crippen LogP contribution in [0.2, 0.25) is 0 Å². The normalized spacial score (nSPS) is 13.8. The number of nitrogens with zero attached hydrogens (tertiary/aromatic N) is 2. The summed E-state index contributed by atoms with van der Waals surface area (Å²) in [7, 11) is 0. The lowest BCUT2D eigenvalue weighted by Gasteiger charge is -2.23. The predicted molar refractivity (Wildman–Crippen MR) is 151 cm³/mol. The van der Waals surface area contributed by atoms with E-state index < -0.39 is 50.1 Å². The molecule has 0 amide bonds. The first-order valence-corrected chi connectivity index (χ1v) is 12.7. The van der Waals surface area contributed by atoms with Crippen LogP contribution in [0, 0.1) is 0 Å². The molecule has 17 heteroatoms. The van der Waals surface area contributed by atoms with Crippen LogP contribution in [0.1, 0.15) is 5.76 Å². The van der Waals surface area contributed by atoms with Crippen LogP contribution in [0.15, 0.2) is 28.3 Å². The number of benzene rings is 1. The highest BCUT2D eigenvalue weighted by atomic mass is 32.1. The maximum absolute atomic E-state index is 11.5. The van der Waals surface area contributed by atoms with Crippen molar-refractivity contribution in [2.24, 2.45) is 0 Å². The van der Waals surface area contributed by atoms with E-state index in [0.29, 0.717) is 32.5 Å². The van der Waals surface area contributed by atoms with Gasteiger partial charge in [-0.15, -0.1) is 0 Å². The smallest absolute Gasteiger partial charge is 0.323 e. The molecule has 0 unspecified atom stereocenters. The number of carboxylic acid groups (broad SMARTS) is 4. The zero-order valence-corrected chi connectivity index (χ0v) is 23.0. The number of anilines is 1. The molecule has 1 aliphatic rings. The highest BCUT2D eigenvalue weighted by molar-refractivity contribution is 7.82. The molecule has 0 atom stereocenters. The minimum Gasteiger partial charge on any atom is -0.489 e. The maximum Gasteiger partial charge on any atom is 0.323 e. The first-order valence-electron chi connectivity index (χ1n) is 11.9. The van der Waals surface area contributed by atoms with Gasteiger partial charge in [-0.3, -0.25) is 24.1 Å². The molecule has 1 fully saturated rings. The summed E-state index contributed by atoms with van der Waals surface area (Å²) in [6.07, 6.45) is 1.62. The van der Waals surface area contributed by atoms with Crippen LogP contribution in [-0.4, -0.2) is 112 Å². The van der Waals surface area contributed by atoms with E-state index in [1.165, 1.54) is 11.0 Å². The van der Waals surface area contributed by atoms with Gasteiger partial charge >= 0.3 is 23.9 Å². The number of carbonyl (C=O) groups is 4. The van der Waals surface area contributed by atoms with Crippen molar-refractivity contribution in [2.75, 3.05) is 57.4 Å². The second-order valence-electron chi connectivity index (χ2n) is 8.58. The van der Waals surface area contributed by atoms with Crippen LogP contribution in [-0.2, 0) is 23.9 Å². The molecule has 0 spiro atoms. The van der Waals surface area contributed by atoms with Gasteiger partial charge in [-0.1, -0.05) is 12.2 Å². The zero-order chi connectivity index (χ0) is 30.1. The molecule has 1 aromatic heterocycles. The van der Waals surface area contributed by atoms with Crippen molar-refractivity contribution in [2.45, 2.75) is 0 Å². The first kappa shape index (κ1) is 31.2. The summed E-state index contributed by atoms with van der Waals surface area (Å²) in [6.45, 7) is -2.15. The second kappa shape index (κ2) is 14.4. The summed E-state index contributed by atoms with van der Waals surface area (Å²) in [5, 5.41) is 43.1. The molecule has 6 N–H and O–H groups in total. The predicted octanol–water partition coefficient (Wildman–Crippen LogP) is 0.421. The number of aliphatic carboxylic acids is 4. The Labute approximate surface area is 242 Å². The number of ether oxygens (including phenoxy) is 2. The summed E-state index contributed by atoms with van der Waals surface area (Å²) in [6, 6.07) is 4.72. The van der Waals surface area contributed by atoms with Crippen molar-refractivity contribution >= 4 is 81.1 Å². The van der Waals surface area contributed by atoms with E-state index in [2.05, 4.69) is 10.6 Å². The van der Waals surface area contributed by atoms with E-state index in [1.54, 1.807) is 18.2 Å². The molecular weight excluding hydrogens is 584 g/mol. The van der Waals surface area contributed by atoms with Gasteiger partial charge in [0.25, 0.3) is 0 Å². The lowest BCUT2D eigenvalue weighted by molar-refractivity contribution is -0.142. The Kier molecular flexibility index (Phi) is 10.9. The van der Waals surface area contributed by atoms with E-state index in [1.807, 2.05) is 0 Å². The summed E-state index contributed by atoms with van der Waals surface area (Å²) in [5.41, 5.74) is 0.997. The lowest BCUT2D eigenvalue weighted by Crippen LogP contribution is -2.37. The maximum atomic E-state index is 11.5. The van der Waals surface area contributed by atoms with E-state index >= 15 is 0 Å². The molecule has 1 aliphatic heterocycles. The monoisotopic (exact) mass is 610 g/mol. The molecule has 0 radical (unpaired) electrons. The van der Waals surface area contributed by atoms with Gasteiger partial charge in [0.05, 0.1) is 37.7 Å². The molecular formula is C24H26N4O11S2. The van der Waals surface area contributed by atoms with E-state index in [0.717, 1.165) is 4.90 Å². The zero-order valence-electron chi connectivity index (χ0n) is 21.3. The van der Waals surface area contributed by atoms with Crippen LogP contribution in [0.5, 0.6) is 5.75 Å². The fourth-order valence-corrected chi connectivity index (χ4v) is 4.28. The van der Waals surface area contributed by atoms with Crippen molar-refractivity contribution in [3.8, 4) is 5.75 Å². The molecule has 2 heterocycles. The Balaban J connectivity index is 1.78. The van der Waals surface area contributed by atoms with Gasteiger partial charge in [0.15, 0.2) is 5.11 Å². The number of nitrogens with one attached hydrogen (secondary N) is 2. The third-order valence-electron chi connectivity index (χ3n) is 5.37. The lowest BCUT2D eigenvalue weighted by atomic mass is 10.2. The molecule has 3 rings (SSSR count). The van der Waals surface area contributed by atoms with Crippen LogP contribution in [0.3, 0.4) is 0 Å². The minimum atomic E-state index is -1.26. The van der Waals surface area contributed by atoms with Crippen molar-refractivity contribution in [1.29, 1.82) is 0 Å². The molecule has 0 saturated carbocycles. The third-order valence-corrected chi connectivity index (χ3v) is 5.90. The Morgan fingerprint density at radius 1 is 0.854 bits per heavy atom. The number of rotatable bonds is 17. The van der Waals surface area contributed by atoms with Crippen LogP contribution < -0.4 is 20.3 Å². The van der Waals surface area contributed by atoms with Crippen molar-refractivity contribution < 1.29 is 53.5 Å². The number of fused-ring (bicyclic) bond motifs is 1. The Bertz CT molecular complexity index is 1360. The number of thiocarbonyl (C=S) groups is 2. The van der Waals surface area contributed by atoms with Gasteiger partial charge in [-0.2, -0.15) is 0 Å². The standard InChI is InChI=1S/C24H26N4O11S2/c29-19(30)9-27(10-20(31)32)1-2-37-3-4-38-18-6-13-5-14(7-15-23(40)26-24(41)25-15)39-17(13)8-16(18)28(11-21(33)34)12-22(35)36/h5-8H,1-4,9-12H2,(H,29,30)(H,31,32)(H,33,34)(H,35,36)(H2,25,26,40,41). The van der Waals surface area contributed by atoms with Gasteiger partial charge in [0.2, 0.25) is 0 Å². The minimum absolute atomic E-state index is 0.0160. The van der Waals surface area contributed by atoms with E-state index in [-0.39, 0.29) is 37.8 Å².